The molecule has 2 N–H and O–H groups in total. The van der Waals surface area contributed by atoms with Crippen molar-refractivity contribution in [1.82, 2.24) is 9.78 Å². The van der Waals surface area contributed by atoms with E-state index in [2.05, 4.69) is 15.3 Å². The number of aromatic nitrogens is 2. The molecular weight excluding hydrogens is 392 g/mol. The van der Waals surface area contributed by atoms with Crippen molar-refractivity contribution in [3.8, 4) is 11.4 Å². The summed E-state index contributed by atoms with van der Waals surface area (Å²) < 4.78 is 24.6. The number of benzene rings is 2. The van der Waals surface area contributed by atoms with Crippen LogP contribution < -0.4 is 5.56 Å². The van der Waals surface area contributed by atoms with E-state index >= 15 is 0 Å². The third-order valence-electron chi connectivity index (χ3n) is 3.74. The number of aryl methyl sites for hydroxylation is 1. The van der Waals surface area contributed by atoms with Crippen LogP contribution in [0.25, 0.3) is 5.69 Å². The molecule has 0 saturated carbocycles. The van der Waals surface area contributed by atoms with Crippen LogP contribution in [0.2, 0.25) is 5.02 Å². The first kappa shape index (κ1) is 18.9. The molecule has 140 valence electrons. The molecule has 0 aliphatic rings. The van der Waals surface area contributed by atoms with Gasteiger partial charge in [0.25, 0.3) is 5.56 Å². The van der Waals surface area contributed by atoms with Crippen LogP contribution in [0.5, 0.6) is 5.75 Å². The second-order valence-electron chi connectivity index (χ2n) is 5.83. The molecule has 0 aliphatic heterocycles. The first-order chi connectivity index (χ1) is 12.7. The monoisotopic (exact) mass is 406 g/mol. The maximum atomic E-state index is 12.6. The van der Waals surface area contributed by atoms with Crippen LogP contribution in [0.15, 0.2) is 62.4 Å². The third kappa shape index (κ3) is 3.93. The summed E-state index contributed by atoms with van der Waals surface area (Å²) in [6.45, 7) is 1.64. The lowest BCUT2D eigenvalue weighted by atomic mass is 10.3. The highest BCUT2D eigenvalue weighted by Gasteiger charge is 2.14. The number of hydrogen-bond acceptors (Lipinski definition) is 6. The van der Waals surface area contributed by atoms with Crippen LogP contribution in [0, 0.1) is 6.92 Å². The Bertz CT molecular complexity index is 1210. The second kappa shape index (κ2) is 7.01. The Labute approximate surface area is 159 Å². The van der Waals surface area contributed by atoms with E-state index in [-0.39, 0.29) is 22.0 Å². The van der Waals surface area contributed by atoms with E-state index in [1.807, 2.05) is 0 Å². The van der Waals surface area contributed by atoms with Crippen molar-refractivity contribution in [3.05, 3.63) is 63.5 Å². The Morgan fingerprint density at radius 2 is 1.89 bits per heavy atom. The van der Waals surface area contributed by atoms with Gasteiger partial charge in [0.05, 0.1) is 16.3 Å². The van der Waals surface area contributed by atoms with Crippen LogP contribution in [0.4, 0.5) is 11.4 Å². The van der Waals surface area contributed by atoms with Gasteiger partial charge in [-0.05, 0) is 43.3 Å². The minimum absolute atomic E-state index is 0.0172. The van der Waals surface area contributed by atoms with Gasteiger partial charge < -0.3 is 5.11 Å². The lowest BCUT2D eigenvalue weighted by Crippen LogP contribution is -2.13. The molecule has 2 aromatic carbocycles. The van der Waals surface area contributed by atoms with E-state index < -0.39 is 15.4 Å². The molecule has 0 saturated heterocycles. The smallest absolute Gasteiger partial charge is 0.299 e. The largest absolute Gasteiger partial charge is 0.506 e. The quantitative estimate of drug-likeness (QED) is 0.643. The van der Waals surface area contributed by atoms with Crippen molar-refractivity contribution in [2.75, 3.05) is 6.26 Å². The van der Waals surface area contributed by atoms with Crippen LogP contribution in [0.1, 0.15) is 5.69 Å². The van der Waals surface area contributed by atoms with Crippen LogP contribution in [-0.2, 0) is 9.84 Å². The molecule has 10 heteroatoms. The first-order valence-electron chi connectivity index (χ1n) is 7.69. The molecule has 0 aliphatic carbocycles. The number of phenolic OH excluding ortho intramolecular Hbond substituents is 1. The number of aromatic hydroxyl groups is 1. The minimum atomic E-state index is -3.47. The zero-order valence-electron chi connectivity index (χ0n) is 14.3. The molecule has 0 atom stereocenters. The van der Waals surface area contributed by atoms with Gasteiger partial charge in [0.1, 0.15) is 11.4 Å². The number of rotatable bonds is 4. The molecule has 3 aromatic rings. The van der Waals surface area contributed by atoms with Crippen LogP contribution in [-0.4, -0.2) is 29.6 Å². The summed E-state index contributed by atoms with van der Waals surface area (Å²) in [5.41, 5.74) is 0.477. The number of hydrogen-bond donors (Lipinski definition) is 2. The van der Waals surface area contributed by atoms with Crippen molar-refractivity contribution in [3.63, 3.8) is 0 Å². The summed E-state index contributed by atoms with van der Waals surface area (Å²) in [5.74, 6) is -0.255. The Morgan fingerprint density at radius 3 is 2.56 bits per heavy atom. The first-order valence-corrected chi connectivity index (χ1v) is 9.96. The fourth-order valence-electron chi connectivity index (χ4n) is 2.37. The molecule has 8 nitrogen and oxygen atoms in total. The highest BCUT2D eigenvalue weighted by atomic mass is 35.5. The summed E-state index contributed by atoms with van der Waals surface area (Å²) in [7, 11) is -3.47. The van der Waals surface area contributed by atoms with Crippen molar-refractivity contribution >= 4 is 32.8 Å². The van der Waals surface area contributed by atoms with Crippen molar-refractivity contribution in [2.24, 2.45) is 10.2 Å². The van der Waals surface area contributed by atoms with Gasteiger partial charge in [-0.15, -0.1) is 10.2 Å². The van der Waals surface area contributed by atoms with Gasteiger partial charge >= 0.3 is 0 Å². The Kier molecular flexibility index (Phi) is 4.90. The zero-order valence-corrected chi connectivity index (χ0v) is 15.9. The maximum absolute atomic E-state index is 12.6. The molecule has 27 heavy (non-hydrogen) atoms. The van der Waals surface area contributed by atoms with Gasteiger partial charge in [-0.1, -0.05) is 17.7 Å². The number of H-pyrrole nitrogens is 1. The van der Waals surface area contributed by atoms with E-state index in [0.29, 0.717) is 16.4 Å². The van der Waals surface area contributed by atoms with Gasteiger partial charge in [-0.3, -0.25) is 9.89 Å². The molecular formula is C17H15ClN4O4S. The van der Waals surface area contributed by atoms with Gasteiger partial charge in [-0.25, -0.2) is 13.1 Å². The molecule has 0 spiro atoms. The summed E-state index contributed by atoms with van der Waals surface area (Å²) in [6.07, 6.45) is 1.04. The van der Waals surface area contributed by atoms with E-state index in [9.17, 15) is 18.3 Å². The molecule has 1 heterocycles. The minimum Gasteiger partial charge on any atom is -0.506 e. The summed E-state index contributed by atoms with van der Waals surface area (Å²) in [4.78, 5) is 12.6. The SMILES string of the molecule is Cc1[nH]n(-c2cccc(Cl)c2)c(=O)c1N=Nc1cc(S(C)(=O)=O)ccc1O. The molecule has 1 aromatic heterocycles. The topological polar surface area (TPSA) is 117 Å². The Hall–Kier alpha value is -2.91. The van der Waals surface area contributed by atoms with E-state index in [1.54, 1.807) is 31.2 Å². The fourth-order valence-corrected chi connectivity index (χ4v) is 3.20. The van der Waals surface area contributed by atoms with E-state index in [4.69, 9.17) is 11.6 Å². The number of phenols is 1. The van der Waals surface area contributed by atoms with Crippen molar-refractivity contribution in [1.29, 1.82) is 0 Å². The fraction of sp³-hybridized carbons (Fsp3) is 0.118. The van der Waals surface area contributed by atoms with Gasteiger partial charge in [0, 0.05) is 11.3 Å². The van der Waals surface area contributed by atoms with Gasteiger partial charge in [0.15, 0.2) is 15.5 Å². The molecule has 0 bridgehead atoms. The van der Waals surface area contributed by atoms with Crippen LogP contribution >= 0.6 is 11.6 Å². The normalized spacial score (nSPS) is 12.0. The van der Waals surface area contributed by atoms with Gasteiger partial charge in [0.2, 0.25) is 0 Å². The van der Waals surface area contributed by atoms with E-state index in [1.165, 1.54) is 22.9 Å². The van der Waals surface area contributed by atoms with Crippen LogP contribution in [0.3, 0.4) is 0 Å². The Morgan fingerprint density at radius 1 is 1.15 bits per heavy atom. The Balaban J connectivity index is 2.04. The maximum Gasteiger partial charge on any atom is 0.299 e. The highest BCUT2D eigenvalue weighted by Crippen LogP contribution is 2.30. The number of halogens is 1. The predicted octanol–water partition coefficient (Wildman–Crippen LogP) is 3.65. The average Bonchev–Trinajstić information content (AvgIpc) is 2.87. The van der Waals surface area contributed by atoms with Crippen molar-refractivity contribution < 1.29 is 13.5 Å². The third-order valence-corrected chi connectivity index (χ3v) is 5.08. The lowest BCUT2D eigenvalue weighted by Gasteiger charge is -2.01. The molecule has 0 fully saturated rings. The van der Waals surface area contributed by atoms with Crippen molar-refractivity contribution in [2.45, 2.75) is 11.8 Å². The number of nitrogens with zero attached hydrogens (tertiary/aromatic N) is 3. The molecule has 0 amide bonds. The zero-order chi connectivity index (χ0) is 19.8. The molecule has 0 radical (unpaired) electrons. The number of sulfone groups is 1. The standard InChI is InChI=1S/C17H15ClN4O4S/c1-10-16(17(24)22(21-10)12-5-3-4-11(18)8-12)20-19-14-9-13(27(2,25)26)6-7-15(14)23/h3-9,21,23H,1-2H3. The molecule has 3 rings (SSSR count). The summed E-state index contributed by atoms with van der Waals surface area (Å²) in [5, 5.41) is 21.0. The molecule has 0 unspecified atom stereocenters. The summed E-state index contributed by atoms with van der Waals surface area (Å²) in [6, 6.07) is 10.4. The predicted molar refractivity (Wildman–Crippen MR) is 102 cm³/mol. The summed E-state index contributed by atoms with van der Waals surface area (Å²) >= 11 is 5.96. The average molecular weight is 407 g/mol. The van der Waals surface area contributed by atoms with Gasteiger partial charge in [-0.2, -0.15) is 0 Å². The highest BCUT2D eigenvalue weighted by molar-refractivity contribution is 7.90. The number of aromatic amines is 1. The second-order valence-corrected chi connectivity index (χ2v) is 8.28. The number of nitrogens with one attached hydrogen (secondary N) is 1. The van der Waals surface area contributed by atoms with E-state index in [0.717, 1.165) is 6.26 Å². The lowest BCUT2D eigenvalue weighted by molar-refractivity contribution is 0.476. The number of azo groups is 1.